The predicted molar refractivity (Wildman–Crippen MR) is 84.9 cm³/mol. The Bertz CT molecular complexity index is 453. The summed E-state index contributed by atoms with van der Waals surface area (Å²) in [6, 6.07) is 7.74. The van der Waals surface area contributed by atoms with Crippen LogP contribution in [0.2, 0.25) is 0 Å². The van der Waals surface area contributed by atoms with Crippen LogP contribution in [0.15, 0.2) is 24.3 Å². The van der Waals surface area contributed by atoms with E-state index >= 15 is 0 Å². The molecule has 0 heterocycles. The molecule has 0 aromatic heterocycles. The number of carbonyl (C=O) groups is 1. The first-order valence-corrected chi connectivity index (χ1v) is 7.24. The van der Waals surface area contributed by atoms with Crippen molar-refractivity contribution in [2.45, 2.75) is 46.3 Å². The lowest BCUT2D eigenvalue weighted by molar-refractivity contribution is 0.0530. The van der Waals surface area contributed by atoms with E-state index in [4.69, 9.17) is 9.47 Å². The highest BCUT2D eigenvalue weighted by molar-refractivity contribution is 5.67. The zero-order chi connectivity index (χ0) is 15.9. The van der Waals surface area contributed by atoms with Crippen LogP contribution in [-0.4, -0.2) is 30.9 Å². The van der Waals surface area contributed by atoms with E-state index < -0.39 is 11.7 Å². The van der Waals surface area contributed by atoms with Crippen LogP contribution in [0.25, 0.3) is 0 Å². The van der Waals surface area contributed by atoms with Crippen molar-refractivity contribution in [3.05, 3.63) is 24.3 Å². The van der Waals surface area contributed by atoms with Gasteiger partial charge >= 0.3 is 6.09 Å². The van der Waals surface area contributed by atoms with E-state index in [1.54, 1.807) is 0 Å². The van der Waals surface area contributed by atoms with Gasteiger partial charge < -0.3 is 20.1 Å². The largest absolute Gasteiger partial charge is 0.489 e. The van der Waals surface area contributed by atoms with Gasteiger partial charge in [-0.3, -0.25) is 0 Å². The van der Waals surface area contributed by atoms with Crippen molar-refractivity contribution in [3.63, 3.8) is 0 Å². The minimum Gasteiger partial charge on any atom is -0.489 e. The van der Waals surface area contributed by atoms with Gasteiger partial charge in [0, 0.05) is 13.1 Å². The number of alkyl carbamates (subject to hydrolysis) is 1. The van der Waals surface area contributed by atoms with Gasteiger partial charge in [-0.1, -0.05) is 12.1 Å². The Hall–Kier alpha value is -1.91. The van der Waals surface area contributed by atoms with Gasteiger partial charge in [-0.15, -0.1) is 0 Å². The topological polar surface area (TPSA) is 59.6 Å². The maximum atomic E-state index is 11.5. The summed E-state index contributed by atoms with van der Waals surface area (Å²) in [5.41, 5.74) is 0.437. The monoisotopic (exact) mass is 294 g/mol. The number of hydrogen-bond acceptors (Lipinski definition) is 4. The molecule has 0 radical (unpaired) electrons. The zero-order valence-corrected chi connectivity index (χ0v) is 13.5. The molecule has 1 amide bonds. The number of para-hydroxylation sites is 2. The third-order valence-electron chi connectivity index (χ3n) is 2.36. The third-order valence-corrected chi connectivity index (χ3v) is 2.36. The van der Waals surface area contributed by atoms with Crippen LogP contribution in [0.5, 0.6) is 5.75 Å². The Kier molecular flexibility index (Phi) is 6.34. The summed E-state index contributed by atoms with van der Waals surface area (Å²) in [5, 5.41) is 5.95. The summed E-state index contributed by atoms with van der Waals surface area (Å²) >= 11 is 0. The molecular formula is C16H26N2O3. The fraction of sp³-hybridized carbons (Fsp3) is 0.562. The Morgan fingerprint density at radius 3 is 2.48 bits per heavy atom. The SMILES string of the molecule is CC(C)Oc1ccccc1NCCNC(=O)OC(C)(C)C. The zero-order valence-electron chi connectivity index (χ0n) is 13.5. The third kappa shape index (κ3) is 7.44. The van der Waals surface area contributed by atoms with E-state index in [1.807, 2.05) is 58.9 Å². The first-order valence-electron chi connectivity index (χ1n) is 7.24. The van der Waals surface area contributed by atoms with Crippen molar-refractivity contribution in [2.75, 3.05) is 18.4 Å². The molecule has 0 aliphatic rings. The van der Waals surface area contributed by atoms with Crippen molar-refractivity contribution >= 4 is 11.8 Å². The minimum absolute atomic E-state index is 0.118. The Morgan fingerprint density at radius 1 is 1.19 bits per heavy atom. The molecular weight excluding hydrogens is 268 g/mol. The lowest BCUT2D eigenvalue weighted by Gasteiger charge is -2.20. The van der Waals surface area contributed by atoms with E-state index in [2.05, 4.69) is 10.6 Å². The number of amides is 1. The fourth-order valence-corrected chi connectivity index (χ4v) is 1.65. The highest BCUT2D eigenvalue weighted by Gasteiger charge is 2.15. The van der Waals surface area contributed by atoms with E-state index in [0.717, 1.165) is 11.4 Å². The molecule has 0 atom stereocenters. The molecule has 0 saturated heterocycles. The molecule has 0 spiro atoms. The molecule has 1 aromatic carbocycles. The summed E-state index contributed by atoms with van der Waals surface area (Å²) in [4.78, 5) is 11.5. The molecule has 0 bridgehead atoms. The quantitative estimate of drug-likeness (QED) is 0.789. The van der Waals surface area contributed by atoms with Gasteiger partial charge in [-0.25, -0.2) is 4.79 Å². The van der Waals surface area contributed by atoms with Crippen LogP contribution in [0, 0.1) is 0 Å². The molecule has 0 aliphatic carbocycles. The van der Waals surface area contributed by atoms with E-state index in [0.29, 0.717) is 13.1 Å². The second-order valence-corrected chi connectivity index (χ2v) is 6.02. The molecule has 0 aliphatic heterocycles. The molecule has 0 unspecified atom stereocenters. The van der Waals surface area contributed by atoms with E-state index in [9.17, 15) is 4.79 Å². The van der Waals surface area contributed by atoms with E-state index in [-0.39, 0.29) is 6.10 Å². The number of nitrogens with one attached hydrogen (secondary N) is 2. The number of anilines is 1. The van der Waals surface area contributed by atoms with Gasteiger partial charge in [-0.05, 0) is 46.8 Å². The second-order valence-electron chi connectivity index (χ2n) is 6.02. The number of benzene rings is 1. The van der Waals surface area contributed by atoms with Crippen molar-refractivity contribution in [3.8, 4) is 5.75 Å². The lowest BCUT2D eigenvalue weighted by atomic mass is 10.2. The highest BCUT2D eigenvalue weighted by atomic mass is 16.6. The van der Waals surface area contributed by atoms with Crippen LogP contribution in [0.4, 0.5) is 10.5 Å². The van der Waals surface area contributed by atoms with Gasteiger partial charge in [0.1, 0.15) is 11.4 Å². The molecule has 5 nitrogen and oxygen atoms in total. The normalized spacial score (nSPS) is 11.1. The van der Waals surface area contributed by atoms with Crippen LogP contribution in [-0.2, 0) is 4.74 Å². The predicted octanol–water partition coefficient (Wildman–Crippen LogP) is 3.41. The smallest absolute Gasteiger partial charge is 0.407 e. The van der Waals surface area contributed by atoms with Gasteiger partial charge in [0.2, 0.25) is 0 Å². The average Bonchev–Trinajstić information content (AvgIpc) is 2.33. The number of hydrogen-bond donors (Lipinski definition) is 2. The van der Waals surface area contributed by atoms with Gasteiger partial charge in [0.05, 0.1) is 11.8 Å². The Balaban J connectivity index is 2.38. The lowest BCUT2D eigenvalue weighted by Crippen LogP contribution is -2.35. The highest BCUT2D eigenvalue weighted by Crippen LogP contribution is 2.24. The first-order chi connectivity index (χ1) is 9.78. The maximum Gasteiger partial charge on any atom is 0.407 e. The molecule has 5 heteroatoms. The molecule has 1 aromatic rings. The summed E-state index contributed by atoms with van der Waals surface area (Å²) < 4.78 is 10.9. The molecule has 21 heavy (non-hydrogen) atoms. The molecule has 2 N–H and O–H groups in total. The molecule has 0 saturated carbocycles. The van der Waals surface area contributed by atoms with Gasteiger partial charge in [-0.2, -0.15) is 0 Å². The van der Waals surface area contributed by atoms with Crippen molar-refractivity contribution in [2.24, 2.45) is 0 Å². The average molecular weight is 294 g/mol. The summed E-state index contributed by atoms with van der Waals surface area (Å²) in [5.74, 6) is 0.810. The second kappa shape index (κ2) is 7.76. The standard InChI is InChI=1S/C16H26N2O3/c1-12(2)20-14-9-7-6-8-13(14)17-10-11-18-15(19)21-16(3,4)5/h6-9,12,17H,10-11H2,1-5H3,(H,18,19). The summed E-state index contributed by atoms with van der Waals surface area (Å²) in [6.07, 6.45) is -0.288. The number of carbonyl (C=O) groups excluding carboxylic acids is 1. The number of ether oxygens (including phenoxy) is 2. The van der Waals surface area contributed by atoms with Gasteiger partial charge in [0.25, 0.3) is 0 Å². The van der Waals surface area contributed by atoms with Crippen molar-refractivity contribution < 1.29 is 14.3 Å². The minimum atomic E-state index is -0.477. The Labute approximate surface area is 127 Å². The first kappa shape index (κ1) is 17.1. The summed E-state index contributed by atoms with van der Waals surface area (Å²) in [6.45, 7) is 10.6. The molecule has 1 rings (SSSR count). The Morgan fingerprint density at radius 2 is 1.86 bits per heavy atom. The number of rotatable bonds is 6. The van der Waals surface area contributed by atoms with Crippen LogP contribution < -0.4 is 15.4 Å². The van der Waals surface area contributed by atoms with Gasteiger partial charge in [0.15, 0.2) is 0 Å². The van der Waals surface area contributed by atoms with E-state index in [1.165, 1.54) is 0 Å². The van der Waals surface area contributed by atoms with Crippen LogP contribution in [0.3, 0.4) is 0 Å². The van der Waals surface area contributed by atoms with Crippen molar-refractivity contribution in [1.29, 1.82) is 0 Å². The molecule has 118 valence electrons. The van der Waals surface area contributed by atoms with Crippen LogP contribution in [0.1, 0.15) is 34.6 Å². The summed E-state index contributed by atoms with van der Waals surface area (Å²) in [7, 11) is 0. The maximum absolute atomic E-state index is 11.5. The fourth-order valence-electron chi connectivity index (χ4n) is 1.65. The molecule has 0 fully saturated rings. The van der Waals surface area contributed by atoms with Crippen molar-refractivity contribution in [1.82, 2.24) is 5.32 Å². The van der Waals surface area contributed by atoms with Crippen LogP contribution >= 0.6 is 0 Å².